The number of benzene rings is 4. The van der Waals surface area contributed by atoms with Crippen molar-refractivity contribution in [3.05, 3.63) is 72.8 Å². The largest absolute Gasteiger partial charge is 0.507 e. The summed E-state index contributed by atoms with van der Waals surface area (Å²) in [5.41, 5.74) is 0. The van der Waals surface area contributed by atoms with Crippen LogP contribution in [0.15, 0.2) is 82.6 Å². The van der Waals surface area contributed by atoms with Crippen LogP contribution in [0.1, 0.15) is 13.8 Å². The van der Waals surface area contributed by atoms with E-state index in [-0.39, 0.29) is 11.5 Å². The monoisotopic (exact) mass is 348 g/mol. The van der Waals surface area contributed by atoms with Crippen LogP contribution in [-0.2, 0) is 0 Å². The van der Waals surface area contributed by atoms with Gasteiger partial charge in [0.1, 0.15) is 11.5 Å². The van der Waals surface area contributed by atoms with E-state index in [4.69, 9.17) is 0 Å². The van der Waals surface area contributed by atoms with E-state index >= 15 is 0 Å². The summed E-state index contributed by atoms with van der Waals surface area (Å²) in [4.78, 5) is 1.49. The average molecular weight is 348 g/mol. The van der Waals surface area contributed by atoms with Gasteiger partial charge in [-0.25, -0.2) is 0 Å². The van der Waals surface area contributed by atoms with Gasteiger partial charge in [0, 0.05) is 0 Å². The Kier molecular flexibility index (Phi) is 5.15. The first-order chi connectivity index (χ1) is 12.2. The molecule has 0 aliphatic rings. The van der Waals surface area contributed by atoms with E-state index in [1.54, 1.807) is 12.1 Å². The van der Waals surface area contributed by atoms with E-state index in [1.165, 1.54) is 11.8 Å². The SMILES string of the molecule is CC.Oc1cc2ccccc2cc1Sc1c(O)ccc2ccccc12. The predicted molar refractivity (Wildman–Crippen MR) is 107 cm³/mol. The average Bonchev–Trinajstić information content (AvgIpc) is 2.66. The van der Waals surface area contributed by atoms with E-state index in [2.05, 4.69) is 0 Å². The molecule has 0 aliphatic carbocycles. The molecule has 0 bridgehead atoms. The smallest absolute Gasteiger partial charge is 0.130 e. The maximum absolute atomic E-state index is 10.3. The molecule has 4 aromatic carbocycles. The van der Waals surface area contributed by atoms with Gasteiger partial charge in [-0.05, 0) is 39.7 Å². The summed E-state index contributed by atoms with van der Waals surface area (Å²) in [6, 6.07) is 23.1. The van der Waals surface area contributed by atoms with Crippen LogP contribution in [0.4, 0.5) is 0 Å². The summed E-state index contributed by atoms with van der Waals surface area (Å²) in [5, 5.41) is 24.7. The zero-order valence-corrected chi connectivity index (χ0v) is 15.0. The Morgan fingerprint density at radius 1 is 0.640 bits per heavy atom. The molecule has 25 heavy (non-hydrogen) atoms. The molecule has 2 nitrogen and oxygen atoms in total. The summed E-state index contributed by atoms with van der Waals surface area (Å²) < 4.78 is 0. The van der Waals surface area contributed by atoms with Crippen molar-refractivity contribution in [2.24, 2.45) is 0 Å². The van der Waals surface area contributed by atoms with Crippen LogP contribution >= 0.6 is 11.8 Å². The lowest BCUT2D eigenvalue weighted by Crippen LogP contribution is -1.82. The van der Waals surface area contributed by atoms with Crippen LogP contribution in [0.3, 0.4) is 0 Å². The van der Waals surface area contributed by atoms with Gasteiger partial charge in [-0.2, -0.15) is 0 Å². The Morgan fingerprint density at radius 3 is 1.96 bits per heavy atom. The molecule has 0 atom stereocenters. The second-order valence-corrected chi connectivity index (χ2v) is 6.46. The highest BCUT2D eigenvalue weighted by Crippen LogP contribution is 2.43. The lowest BCUT2D eigenvalue weighted by Gasteiger charge is -2.11. The van der Waals surface area contributed by atoms with Crippen LogP contribution in [0.5, 0.6) is 11.5 Å². The van der Waals surface area contributed by atoms with Gasteiger partial charge in [0.25, 0.3) is 0 Å². The summed E-state index contributed by atoms with van der Waals surface area (Å²) in [5.74, 6) is 0.447. The zero-order valence-electron chi connectivity index (χ0n) is 14.2. The standard InChI is InChI=1S/C20H14O2S.C2H6/c21-17-10-9-13-5-3-4-8-16(13)20(17)23-19-12-15-7-2-1-6-14(15)11-18(19)22;1-2/h1-12,21-22H;1-2H3. The van der Waals surface area contributed by atoms with Crippen molar-refractivity contribution < 1.29 is 10.2 Å². The number of rotatable bonds is 2. The third kappa shape index (κ3) is 3.42. The molecule has 2 N–H and O–H groups in total. The van der Waals surface area contributed by atoms with Gasteiger partial charge < -0.3 is 10.2 Å². The van der Waals surface area contributed by atoms with E-state index in [0.29, 0.717) is 0 Å². The molecular formula is C22H20O2S. The maximum atomic E-state index is 10.3. The first-order valence-corrected chi connectivity index (χ1v) is 9.14. The Labute approximate surface area is 151 Å². The maximum Gasteiger partial charge on any atom is 0.130 e. The molecule has 0 spiro atoms. The minimum Gasteiger partial charge on any atom is -0.507 e. The zero-order chi connectivity index (χ0) is 17.8. The number of phenols is 2. The summed E-state index contributed by atoms with van der Waals surface area (Å²) >= 11 is 1.39. The molecule has 4 rings (SSSR count). The number of aromatic hydroxyl groups is 2. The molecule has 0 amide bonds. The molecule has 0 saturated carbocycles. The molecule has 4 aromatic rings. The van der Waals surface area contributed by atoms with E-state index in [0.717, 1.165) is 31.3 Å². The first-order valence-electron chi connectivity index (χ1n) is 8.33. The number of phenolic OH excluding ortho intramolecular Hbond substituents is 2. The normalized spacial score (nSPS) is 10.5. The van der Waals surface area contributed by atoms with Gasteiger partial charge in [0.05, 0.1) is 9.79 Å². The minimum absolute atomic E-state index is 0.223. The number of fused-ring (bicyclic) bond motifs is 2. The first kappa shape index (κ1) is 17.2. The van der Waals surface area contributed by atoms with E-state index in [1.807, 2.05) is 74.5 Å². The summed E-state index contributed by atoms with van der Waals surface area (Å²) in [6.45, 7) is 4.00. The lowest BCUT2D eigenvalue weighted by atomic mass is 10.1. The molecule has 0 radical (unpaired) electrons. The fourth-order valence-electron chi connectivity index (χ4n) is 2.74. The topological polar surface area (TPSA) is 40.5 Å². The van der Waals surface area contributed by atoms with Crippen molar-refractivity contribution in [3.63, 3.8) is 0 Å². The fraction of sp³-hybridized carbons (Fsp3) is 0.0909. The summed E-state index contributed by atoms with van der Waals surface area (Å²) in [7, 11) is 0. The lowest BCUT2D eigenvalue weighted by molar-refractivity contribution is 0.461. The summed E-state index contributed by atoms with van der Waals surface area (Å²) in [6.07, 6.45) is 0. The highest BCUT2D eigenvalue weighted by Gasteiger charge is 2.12. The molecule has 0 saturated heterocycles. The molecule has 0 unspecified atom stereocenters. The molecule has 3 heteroatoms. The second-order valence-electron chi connectivity index (χ2n) is 5.40. The van der Waals surface area contributed by atoms with Crippen molar-refractivity contribution >= 4 is 33.3 Å². The fourth-order valence-corrected chi connectivity index (χ4v) is 3.78. The quantitative estimate of drug-likeness (QED) is 0.430. The van der Waals surface area contributed by atoms with Crippen molar-refractivity contribution in [2.45, 2.75) is 23.6 Å². The number of hydrogen-bond donors (Lipinski definition) is 2. The van der Waals surface area contributed by atoms with Gasteiger partial charge in [-0.3, -0.25) is 0 Å². The Bertz CT molecular complexity index is 1020. The third-order valence-corrected chi connectivity index (χ3v) is 5.08. The number of hydrogen-bond acceptors (Lipinski definition) is 3. The van der Waals surface area contributed by atoms with Crippen LogP contribution in [0.25, 0.3) is 21.5 Å². The molecule has 0 fully saturated rings. The highest BCUT2D eigenvalue weighted by atomic mass is 32.2. The molecule has 126 valence electrons. The Morgan fingerprint density at radius 2 is 1.24 bits per heavy atom. The predicted octanol–water partition coefficient (Wildman–Crippen LogP) is 6.58. The minimum atomic E-state index is 0.223. The van der Waals surface area contributed by atoms with Crippen molar-refractivity contribution in [3.8, 4) is 11.5 Å². The van der Waals surface area contributed by atoms with E-state index < -0.39 is 0 Å². The molecule has 0 heterocycles. The third-order valence-electron chi connectivity index (χ3n) is 3.90. The van der Waals surface area contributed by atoms with Crippen LogP contribution in [0, 0.1) is 0 Å². The van der Waals surface area contributed by atoms with Crippen LogP contribution in [-0.4, -0.2) is 10.2 Å². The Balaban J connectivity index is 0.000000880. The van der Waals surface area contributed by atoms with Gasteiger partial charge in [-0.15, -0.1) is 0 Å². The van der Waals surface area contributed by atoms with Crippen molar-refractivity contribution in [1.82, 2.24) is 0 Å². The highest BCUT2D eigenvalue weighted by molar-refractivity contribution is 7.99. The molecular weight excluding hydrogens is 328 g/mol. The van der Waals surface area contributed by atoms with Gasteiger partial charge in [-0.1, -0.05) is 80.2 Å². The van der Waals surface area contributed by atoms with Crippen LogP contribution in [0.2, 0.25) is 0 Å². The Hall–Kier alpha value is -2.65. The van der Waals surface area contributed by atoms with Crippen molar-refractivity contribution in [1.29, 1.82) is 0 Å². The molecule has 0 aromatic heterocycles. The van der Waals surface area contributed by atoms with E-state index in [9.17, 15) is 10.2 Å². The van der Waals surface area contributed by atoms with Crippen molar-refractivity contribution in [2.75, 3.05) is 0 Å². The van der Waals surface area contributed by atoms with Gasteiger partial charge in [0.2, 0.25) is 0 Å². The van der Waals surface area contributed by atoms with Gasteiger partial charge >= 0.3 is 0 Å². The molecule has 0 aliphatic heterocycles. The van der Waals surface area contributed by atoms with Crippen LogP contribution < -0.4 is 0 Å². The van der Waals surface area contributed by atoms with Gasteiger partial charge in [0.15, 0.2) is 0 Å². The second kappa shape index (κ2) is 7.49.